The Hall–Kier alpha value is -0.711. The van der Waals surface area contributed by atoms with E-state index < -0.39 is 8.37 Å². The van der Waals surface area contributed by atoms with Gasteiger partial charge in [-0.1, -0.05) is 17.7 Å². The van der Waals surface area contributed by atoms with Crippen LogP contribution in [0.3, 0.4) is 0 Å². The van der Waals surface area contributed by atoms with Gasteiger partial charge in [0, 0.05) is 0 Å². The first-order valence-corrected chi connectivity index (χ1v) is 13.5. The summed E-state index contributed by atoms with van der Waals surface area (Å²) in [4.78, 5) is 4.83. The van der Waals surface area contributed by atoms with Gasteiger partial charge in [-0.3, -0.25) is 9.34 Å². The summed E-state index contributed by atoms with van der Waals surface area (Å²) in [6.07, 6.45) is 0. The zero-order valence-corrected chi connectivity index (χ0v) is 22.6. The van der Waals surface area contributed by atoms with Crippen LogP contribution in [0.1, 0.15) is 42.1 Å². The van der Waals surface area contributed by atoms with Crippen LogP contribution in [0, 0.1) is 20.8 Å². The number of halogens is 2. The number of furan rings is 1. The summed E-state index contributed by atoms with van der Waals surface area (Å²) in [5, 5.41) is 0. The molecule has 0 fully saturated rings. The van der Waals surface area contributed by atoms with Crippen molar-refractivity contribution >= 4 is 45.7 Å². The molecule has 0 spiro atoms. The Morgan fingerprint density at radius 3 is 1.77 bits per heavy atom. The van der Waals surface area contributed by atoms with Gasteiger partial charge in [-0.2, -0.15) is 0 Å². The number of aliphatic imine (C=N–C) groups is 1. The van der Waals surface area contributed by atoms with E-state index in [1.807, 2.05) is 54.2 Å². The minimum absolute atomic E-state index is 0.194. The second-order valence-corrected chi connectivity index (χ2v) is 11.5. The van der Waals surface area contributed by atoms with Crippen molar-refractivity contribution < 1.29 is 17.6 Å². The van der Waals surface area contributed by atoms with E-state index in [0.29, 0.717) is 0 Å². The third kappa shape index (κ3) is 8.09. The summed E-state index contributed by atoms with van der Waals surface area (Å²) >= 11 is 0.194. The van der Waals surface area contributed by atoms with Crippen molar-refractivity contribution in [3.05, 3.63) is 52.5 Å². The molecule has 0 unspecified atom stereocenters. The molecule has 0 saturated heterocycles. The Morgan fingerprint density at radius 2 is 1.33 bits per heavy atom. The van der Waals surface area contributed by atoms with Gasteiger partial charge in [0.25, 0.3) is 0 Å². The average molecular weight is 513 g/mol. The molecule has 9 heteroatoms. The molecule has 1 aromatic heterocycles. The molecule has 5 nitrogen and oxygen atoms in total. The van der Waals surface area contributed by atoms with Crippen LogP contribution in [0.15, 0.2) is 38.4 Å². The maximum atomic E-state index is 6.06. The van der Waals surface area contributed by atoms with Gasteiger partial charge in [-0.25, -0.2) is 9.76 Å². The summed E-state index contributed by atoms with van der Waals surface area (Å²) in [5.41, 5.74) is 6.40. The van der Waals surface area contributed by atoms with E-state index in [2.05, 4.69) is 42.2 Å². The molecule has 0 N–H and O–H groups in total. The molecule has 1 aromatic carbocycles. The molecule has 0 aliphatic heterocycles. The van der Waals surface area contributed by atoms with Gasteiger partial charge in [-0.05, 0) is 86.1 Å². The van der Waals surface area contributed by atoms with Crippen LogP contribution in [0.25, 0.3) is 0 Å². The SMILES string of the molecule is CC(=Nc1c(C)cc(C)cc1C)c1ccc(/C(C)=N/P(N(C)C)N(C)C)o1.[Cl][Fe][Cl]. The molecule has 0 amide bonds. The van der Waals surface area contributed by atoms with Gasteiger partial charge in [0.2, 0.25) is 0 Å². The van der Waals surface area contributed by atoms with Crippen LogP contribution in [0.5, 0.6) is 0 Å². The normalized spacial score (nSPS) is 12.7. The first kappa shape index (κ1) is 27.3. The van der Waals surface area contributed by atoms with Crippen LogP contribution in [0.4, 0.5) is 5.69 Å². The van der Waals surface area contributed by atoms with Crippen molar-refractivity contribution in [2.75, 3.05) is 28.2 Å². The number of benzene rings is 1. The maximum absolute atomic E-state index is 6.06. The summed E-state index contributed by atoms with van der Waals surface area (Å²) in [6.45, 7) is 10.3. The van der Waals surface area contributed by atoms with Crippen molar-refractivity contribution in [2.45, 2.75) is 34.6 Å². The molecule has 0 bridgehead atoms. The molecule has 30 heavy (non-hydrogen) atoms. The van der Waals surface area contributed by atoms with E-state index in [-0.39, 0.29) is 13.1 Å². The second-order valence-electron chi connectivity index (χ2n) is 7.31. The van der Waals surface area contributed by atoms with Crippen LogP contribution >= 0.6 is 28.6 Å². The van der Waals surface area contributed by atoms with Crippen LogP contribution in [0.2, 0.25) is 0 Å². The minimum atomic E-state index is -0.735. The zero-order valence-electron chi connectivity index (χ0n) is 19.1. The number of hydrogen-bond donors (Lipinski definition) is 0. The number of aryl methyl sites for hydroxylation is 3. The average Bonchev–Trinajstić information content (AvgIpc) is 3.12. The fourth-order valence-electron chi connectivity index (χ4n) is 3.02. The van der Waals surface area contributed by atoms with Crippen LogP contribution < -0.4 is 0 Å². The Labute approximate surface area is 197 Å². The van der Waals surface area contributed by atoms with E-state index in [1.165, 1.54) is 16.7 Å². The van der Waals surface area contributed by atoms with Crippen molar-refractivity contribution in [1.82, 2.24) is 9.34 Å². The van der Waals surface area contributed by atoms with Crippen molar-refractivity contribution in [1.29, 1.82) is 0 Å². The molecule has 0 radical (unpaired) electrons. The number of nitrogens with zero attached hydrogens (tertiary/aromatic N) is 4. The molecule has 168 valence electrons. The first-order chi connectivity index (χ1) is 14.0. The summed E-state index contributed by atoms with van der Waals surface area (Å²) in [6, 6.07) is 8.27. The van der Waals surface area contributed by atoms with Crippen molar-refractivity contribution in [3.63, 3.8) is 0 Å². The molecule has 0 aliphatic rings. The fourth-order valence-corrected chi connectivity index (χ4v) is 4.46. The Kier molecular flexibility index (Phi) is 11.8. The number of hydrogen-bond acceptors (Lipinski definition) is 5. The van der Waals surface area contributed by atoms with Crippen LogP contribution in [-0.4, -0.2) is 49.0 Å². The fraction of sp³-hybridized carbons (Fsp3) is 0.429. The van der Waals surface area contributed by atoms with Gasteiger partial charge in [0.15, 0.2) is 8.37 Å². The molecule has 1 heterocycles. The van der Waals surface area contributed by atoms with E-state index >= 15 is 0 Å². The van der Waals surface area contributed by atoms with Crippen LogP contribution in [-0.2, 0) is 13.1 Å². The third-order valence-electron chi connectivity index (χ3n) is 4.19. The third-order valence-corrected chi connectivity index (χ3v) is 6.10. The molecule has 0 atom stereocenters. The van der Waals surface area contributed by atoms with Gasteiger partial charge in [0.05, 0.1) is 17.1 Å². The van der Waals surface area contributed by atoms with E-state index in [9.17, 15) is 0 Å². The Morgan fingerprint density at radius 1 is 0.900 bits per heavy atom. The monoisotopic (exact) mass is 512 g/mol. The van der Waals surface area contributed by atoms with Gasteiger partial charge in [0.1, 0.15) is 11.5 Å². The molecular weight excluding hydrogens is 482 g/mol. The van der Waals surface area contributed by atoms with Gasteiger partial charge >= 0.3 is 33.3 Å². The molecule has 2 aromatic rings. The molecular formula is C21H31Cl2FeN4OP. The van der Waals surface area contributed by atoms with E-state index in [0.717, 1.165) is 28.6 Å². The van der Waals surface area contributed by atoms with Crippen molar-refractivity contribution in [2.24, 2.45) is 9.76 Å². The number of rotatable bonds is 6. The molecule has 0 saturated carbocycles. The van der Waals surface area contributed by atoms with Gasteiger partial charge < -0.3 is 4.42 Å². The first-order valence-electron chi connectivity index (χ1n) is 9.30. The topological polar surface area (TPSA) is 44.3 Å². The summed E-state index contributed by atoms with van der Waals surface area (Å²) in [7, 11) is 17.0. The predicted molar refractivity (Wildman–Crippen MR) is 129 cm³/mol. The van der Waals surface area contributed by atoms with E-state index in [4.69, 9.17) is 34.4 Å². The Balaban J connectivity index is 0.00000141. The molecule has 0 aliphatic carbocycles. The standard InChI is InChI=1S/C21H31N4OP.2ClH.Fe/c1-14-12-15(2)21(16(3)13-14)22-17(4)19-10-11-20(26-19)18(5)23-27(24(6)7)25(8)9;;;/h10-13H,1-9H3;2*1H;/q;;;+2/p-2/b22-17?,23-18+;;;. The zero-order chi connectivity index (χ0) is 23.0. The summed E-state index contributed by atoms with van der Waals surface area (Å²) < 4.78 is 15.1. The van der Waals surface area contributed by atoms with E-state index in [1.54, 1.807) is 0 Å². The van der Waals surface area contributed by atoms with Gasteiger partial charge in [-0.15, -0.1) is 0 Å². The Bertz CT molecular complexity index is 866. The quantitative estimate of drug-likeness (QED) is 0.240. The summed E-state index contributed by atoms with van der Waals surface area (Å²) in [5.74, 6) is 1.56. The molecule has 2 rings (SSSR count). The predicted octanol–water partition coefficient (Wildman–Crippen LogP) is 6.88. The van der Waals surface area contributed by atoms with Crippen molar-refractivity contribution in [3.8, 4) is 0 Å². The second kappa shape index (κ2) is 13.0.